The summed E-state index contributed by atoms with van der Waals surface area (Å²) in [6.07, 6.45) is 0. The van der Waals surface area contributed by atoms with Crippen molar-refractivity contribution >= 4 is 21.9 Å². The molecule has 0 aliphatic carbocycles. The van der Waals surface area contributed by atoms with E-state index in [0.29, 0.717) is 0 Å². The third-order valence-electron chi connectivity index (χ3n) is 6.72. The maximum Gasteiger partial charge on any atom is 0.139 e. The summed E-state index contributed by atoms with van der Waals surface area (Å²) >= 11 is 0. The monoisotopic (exact) mass is 439 g/mol. The molecule has 2 aromatic heterocycles. The largest absolute Gasteiger partial charge is 0.456 e. The minimum Gasteiger partial charge on any atom is -0.456 e. The van der Waals surface area contributed by atoms with Gasteiger partial charge in [0.05, 0.1) is 11.4 Å². The van der Waals surface area contributed by atoms with Gasteiger partial charge in [-0.3, -0.25) is 4.98 Å². The third-order valence-corrected chi connectivity index (χ3v) is 6.72. The van der Waals surface area contributed by atoms with Gasteiger partial charge in [0.1, 0.15) is 11.2 Å². The molecule has 6 aromatic rings. The molecule has 4 aromatic carbocycles. The number of nitrogens with zero attached hydrogens (tertiary/aromatic N) is 1. The zero-order valence-electron chi connectivity index (χ0n) is 19.3. The highest BCUT2D eigenvalue weighted by Crippen LogP contribution is 2.40. The number of para-hydroxylation sites is 2. The van der Waals surface area contributed by atoms with E-state index in [1.807, 2.05) is 18.2 Å². The summed E-state index contributed by atoms with van der Waals surface area (Å²) in [6, 6.07) is 40.0. The predicted octanol–water partition coefficient (Wildman–Crippen LogP) is 8.64. The second-order valence-electron chi connectivity index (χ2n) is 9.26. The summed E-state index contributed by atoms with van der Waals surface area (Å²) < 4.78 is 6.39. The van der Waals surface area contributed by atoms with Gasteiger partial charge in [-0.2, -0.15) is 0 Å². The van der Waals surface area contributed by atoms with Crippen LogP contribution in [0.1, 0.15) is 25.1 Å². The Morgan fingerprint density at radius 2 is 1.24 bits per heavy atom. The SMILES string of the molecule is CC(C)(c1cc(-c2ccccc2)cc(-c2ccccc2)n1)c1cccc2c1oc1ccccc12. The molecule has 34 heavy (non-hydrogen) atoms. The molecule has 0 aliphatic rings. The molecule has 6 rings (SSSR count). The van der Waals surface area contributed by atoms with Crippen molar-refractivity contribution in [2.24, 2.45) is 0 Å². The van der Waals surface area contributed by atoms with Crippen molar-refractivity contribution in [2.75, 3.05) is 0 Å². The van der Waals surface area contributed by atoms with Gasteiger partial charge < -0.3 is 4.42 Å². The fourth-order valence-corrected chi connectivity index (χ4v) is 4.78. The van der Waals surface area contributed by atoms with Crippen LogP contribution in [0.3, 0.4) is 0 Å². The molecule has 0 saturated heterocycles. The number of hydrogen-bond acceptors (Lipinski definition) is 2. The highest BCUT2D eigenvalue weighted by molar-refractivity contribution is 6.06. The second kappa shape index (κ2) is 8.00. The third kappa shape index (κ3) is 3.39. The van der Waals surface area contributed by atoms with Crippen molar-refractivity contribution in [3.05, 3.63) is 127 Å². The minimum absolute atomic E-state index is 0.373. The molecule has 2 nitrogen and oxygen atoms in total. The number of aromatic nitrogens is 1. The number of rotatable bonds is 4. The standard InChI is InChI=1S/C32H25NO/c1-32(2,27-18-11-17-26-25-16-9-10-19-29(25)34-31(26)27)30-21-24(22-12-5-3-6-13-22)20-28(33-30)23-14-7-4-8-15-23/h3-21H,1-2H3. The topological polar surface area (TPSA) is 26.0 Å². The number of hydrogen-bond donors (Lipinski definition) is 0. The molecule has 2 heteroatoms. The van der Waals surface area contributed by atoms with Crippen LogP contribution in [0, 0.1) is 0 Å². The first kappa shape index (κ1) is 20.4. The zero-order valence-corrected chi connectivity index (χ0v) is 19.3. The summed E-state index contributed by atoms with van der Waals surface area (Å²) in [4.78, 5) is 5.20. The van der Waals surface area contributed by atoms with Crippen LogP contribution in [0.15, 0.2) is 120 Å². The Morgan fingerprint density at radius 3 is 2.00 bits per heavy atom. The van der Waals surface area contributed by atoms with E-state index in [4.69, 9.17) is 9.40 Å². The fourth-order valence-electron chi connectivity index (χ4n) is 4.78. The van der Waals surface area contributed by atoms with Gasteiger partial charge in [0, 0.05) is 27.3 Å². The zero-order chi connectivity index (χ0) is 23.1. The predicted molar refractivity (Wildman–Crippen MR) is 141 cm³/mol. The molecular formula is C32H25NO. The lowest BCUT2D eigenvalue weighted by Gasteiger charge is -2.26. The number of pyridine rings is 1. The Kier molecular flexibility index (Phi) is 4.81. The van der Waals surface area contributed by atoms with Crippen molar-refractivity contribution in [2.45, 2.75) is 19.3 Å². The average molecular weight is 440 g/mol. The Labute approximate surface area is 199 Å². The van der Waals surface area contributed by atoms with Gasteiger partial charge in [-0.05, 0) is 29.3 Å². The number of fused-ring (bicyclic) bond motifs is 3. The highest BCUT2D eigenvalue weighted by atomic mass is 16.3. The van der Waals surface area contributed by atoms with Crippen LogP contribution in [0.25, 0.3) is 44.3 Å². The van der Waals surface area contributed by atoms with Gasteiger partial charge in [0.2, 0.25) is 0 Å². The van der Waals surface area contributed by atoms with Gasteiger partial charge >= 0.3 is 0 Å². The first-order chi connectivity index (χ1) is 16.6. The van der Waals surface area contributed by atoms with Crippen LogP contribution in [0.2, 0.25) is 0 Å². The average Bonchev–Trinajstić information content (AvgIpc) is 3.28. The molecule has 0 saturated carbocycles. The lowest BCUT2D eigenvalue weighted by Crippen LogP contribution is -2.21. The first-order valence-corrected chi connectivity index (χ1v) is 11.7. The Bertz CT molecular complexity index is 1550. The summed E-state index contributed by atoms with van der Waals surface area (Å²) in [6.45, 7) is 4.47. The van der Waals surface area contributed by atoms with Crippen molar-refractivity contribution in [3.63, 3.8) is 0 Å². The maximum absolute atomic E-state index is 6.39. The molecule has 2 heterocycles. The summed E-state index contributed by atoms with van der Waals surface area (Å²) in [7, 11) is 0. The quantitative estimate of drug-likeness (QED) is 0.275. The van der Waals surface area contributed by atoms with E-state index in [1.54, 1.807) is 0 Å². The summed E-state index contributed by atoms with van der Waals surface area (Å²) in [5.74, 6) is 0. The smallest absolute Gasteiger partial charge is 0.139 e. The minimum atomic E-state index is -0.373. The van der Waals surface area contributed by atoms with E-state index in [1.165, 1.54) is 5.56 Å². The molecule has 0 radical (unpaired) electrons. The first-order valence-electron chi connectivity index (χ1n) is 11.7. The molecule has 0 N–H and O–H groups in total. The van der Waals surface area contributed by atoms with E-state index >= 15 is 0 Å². The lowest BCUT2D eigenvalue weighted by molar-refractivity contribution is 0.594. The van der Waals surface area contributed by atoms with Crippen LogP contribution < -0.4 is 0 Å². The van der Waals surface area contributed by atoms with Crippen LogP contribution in [0.4, 0.5) is 0 Å². The highest BCUT2D eigenvalue weighted by Gasteiger charge is 2.30. The van der Waals surface area contributed by atoms with Crippen molar-refractivity contribution in [1.82, 2.24) is 4.98 Å². The van der Waals surface area contributed by atoms with E-state index < -0.39 is 0 Å². The molecular weight excluding hydrogens is 414 g/mol. The fraction of sp³-hybridized carbons (Fsp3) is 0.0938. The van der Waals surface area contributed by atoms with Crippen molar-refractivity contribution in [1.29, 1.82) is 0 Å². The van der Waals surface area contributed by atoms with E-state index in [-0.39, 0.29) is 5.41 Å². The van der Waals surface area contributed by atoms with Gasteiger partial charge in [-0.15, -0.1) is 0 Å². The number of benzene rings is 4. The van der Waals surface area contributed by atoms with E-state index in [9.17, 15) is 0 Å². The molecule has 0 unspecified atom stereocenters. The molecule has 0 bridgehead atoms. The van der Waals surface area contributed by atoms with E-state index in [2.05, 4.69) is 111 Å². The van der Waals surface area contributed by atoms with Gasteiger partial charge in [-0.1, -0.05) is 111 Å². The van der Waals surface area contributed by atoms with Gasteiger partial charge in [0.15, 0.2) is 0 Å². The molecule has 0 atom stereocenters. The van der Waals surface area contributed by atoms with Crippen LogP contribution >= 0.6 is 0 Å². The van der Waals surface area contributed by atoms with Crippen molar-refractivity contribution < 1.29 is 4.42 Å². The van der Waals surface area contributed by atoms with Crippen LogP contribution in [-0.2, 0) is 5.41 Å². The Balaban J connectivity index is 1.59. The summed E-state index contributed by atoms with van der Waals surface area (Å²) in [5.41, 5.74) is 8.05. The second-order valence-corrected chi connectivity index (χ2v) is 9.26. The van der Waals surface area contributed by atoms with Crippen LogP contribution in [-0.4, -0.2) is 4.98 Å². The molecule has 0 amide bonds. The van der Waals surface area contributed by atoms with Gasteiger partial charge in [0.25, 0.3) is 0 Å². The Morgan fingerprint density at radius 1 is 0.588 bits per heavy atom. The van der Waals surface area contributed by atoms with Gasteiger partial charge in [-0.25, -0.2) is 0 Å². The van der Waals surface area contributed by atoms with Crippen LogP contribution in [0.5, 0.6) is 0 Å². The van der Waals surface area contributed by atoms with E-state index in [0.717, 1.165) is 50.0 Å². The summed E-state index contributed by atoms with van der Waals surface area (Å²) in [5, 5.41) is 2.29. The van der Waals surface area contributed by atoms with Crippen molar-refractivity contribution in [3.8, 4) is 22.4 Å². The molecule has 0 fully saturated rings. The maximum atomic E-state index is 6.39. The Hall–Kier alpha value is -4.17. The normalized spacial score (nSPS) is 11.8. The lowest BCUT2D eigenvalue weighted by atomic mass is 9.79. The number of furan rings is 1. The molecule has 164 valence electrons. The molecule has 0 aliphatic heterocycles. The molecule has 0 spiro atoms.